The predicted octanol–water partition coefficient (Wildman–Crippen LogP) is -4.34. The zero-order chi connectivity index (χ0) is 20.5. The number of imide groups is 1. The molecule has 144 valence electrons. The van der Waals surface area contributed by atoms with Gasteiger partial charge in [0.05, 0.1) is 16.8 Å². The number of benzene rings is 1. The summed E-state index contributed by atoms with van der Waals surface area (Å²) in [7, 11) is 0. The van der Waals surface area contributed by atoms with Crippen molar-refractivity contribution in [3.63, 3.8) is 0 Å². The number of nitrogens with one attached hydrogen (secondary N) is 1. The van der Waals surface area contributed by atoms with Crippen molar-refractivity contribution >= 4 is 39.8 Å². The van der Waals surface area contributed by atoms with E-state index in [-0.39, 0.29) is 33.8 Å². The Morgan fingerprint density at radius 2 is 1.70 bits per heavy atom. The maximum absolute atomic E-state index is 13.2. The number of nitrogen functional groups attached to an aromatic ring is 3. The van der Waals surface area contributed by atoms with Crippen molar-refractivity contribution in [3.8, 4) is 0 Å². The number of amides is 2. The second-order valence-electron chi connectivity index (χ2n) is 6.49. The van der Waals surface area contributed by atoms with Gasteiger partial charge in [0.25, 0.3) is 11.5 Å². The number of fused-ring (bicyclic) bond motifs is 1. The molecule has 2 aromatic rings. The van der Waals surface area contributed by atoms with Gasteiger partial charge in [0.1, 0.15) is 23.0 Å². The van der Waals surface area contributed by atoms with Gasteiger partial charge in [-0.2, -0.15) is 0 Å². The molecule has 1 saturated heterocycles. The molecule has 2 heterocycles. The summed E-state index contributed by atoms with van der Waals surface area (Å²) in [6.07, 6.45) is 0. The van der Waals surface area contributed by atoms with Gasteiger partial charge in [0.2, 0.25) is 11.6 Å². The lowest BCUT2D eigenvalue weighted by molar-refractivity contribution is -0.147. The Balaban J connectivity index is 2.46. The first-order chi connectivity index (χ1) is 12.4. The third-order valence-electron chi connectivity index (χ3n) is 4.81. The van der Waals surface area contributed by atoms with Gasteiger partial charge < -0.3 is 34.4 Å². The van der Waals surface area contributed by atoms with Gasteiger partial charge in [-0.25, -0.2) is 4.98 Å². The zero-order valence-corrected chi connectivity index (χ0v) is 14.3. The average molecular weight is 376 g/mol. The van der Waals surface area contributed by atoms with Crippen molar-refractivity contribution in [2.75, 3.05) is 17.2 Å². The molecule has 0 spiro atoms. The number of rotatable bonds is 1. The van der Waals surface area contributed by atoms with E-state index in [0.717, 1.165) is 4.57 Å². The Morgan fingerprint density at radius 3 is 2.30 bits per heavy atom. The van der Waals surface area contributed by atoms with Gasteiger partial charge in [-0.15, -0.1) is 0 Å². The van der Waals surface area contributed by atoms with Crippen LogP contribution in [0.1, 0.15) is 5.82 Å². The summed E-state index contributed by atoms with van der Waals surface area (Å²) in [5, 5.41) is 1.83. The summed E-state index contributed by atoms with van der Waals surface area (Å²) in [5.41, 5.74) is 36.0. The molecular weight excluding hydrogens is 356 g/mol. The number of hydrogen-bond donors (Lipinski definition) is 8. The number of piperidine rings is 1. The number of nitrogens with two attached hydrogens (primary N) is 7. The number of aromatic nitrogens is 2. The van der Waals surface area contributed by atoms with E-state index in [9.17, 15) is 14.4 Å². The Morgan fingerprint density at radius 1 is 1.11 bits per heavy atom. The predicted molar refractivity (Wildman–Crippen MR) is 98.4 cm³/mol. The van der Waals surface area contributed by atoms with E-state index >= 15 is 0 Å². The van der Waals surface area contributed by atoms with Crippen LogP contribution in [0.4, 0.5) is 17.1 Å². The van der Waals surface area contributed by atoms with E-state index in [1.807, 2.05) is 5.32 Å². The highest BCUT2D eigenvalue weighted by Crippen LogP contribution is 2.31. The molecule has 1 aromatic carbocycles. The first kappa shape index (κ1) is 18.5. The van der Waals surface area contributed by atoms with Crippen LogP contribution >= 0.6 is 0 Å². The second kappa shape index (κ2) is 5.37. The molecule has 15 N–H and O–H groups in total. The fourth-order valence-electron chi connectivity index (χ4n) is 3.18. The lowest BCUT2D eigenvalue weighted by Crippen LogP contribution is -2.89. The van der Waals surface area contributed by atoms with Gasteiger partial charge in [-0.3, -0.25) is 30.0 Å². The molecule has 0 saturated carbocycles. The van der Waals surface area contributed by atoms with Crippen molar-refractivity contribution in [2.45, 2.75) is 24.3 Å². The fraction of sp³-hybridized carbons (Fsp3) is 0.286. The molecule has 1 fully saturated rings. The number of carbonyl (C=O) groups excluding carboxylic acids is 2. The van der Waals surface area contributed by atoms with E-state index in [4.69, 9.17) is 40.1 Å². The van der Waals surface area contributed by atoms with Crippen LogP contribution < -0.4 is 51.0 Å². The van der Waals surface area contributed by atoms with E-state index in [1.54, 1.807) is 0 Å². The molecule has 13 heteroatoms. The molecular formula is C14H20N10O3. The SMILES string of the molecule is Cc1nc2c(N)c(N)cc(N)c2c(=O)n1C1(N)C(=O)NC(=O)C(N)C1(N)N. The van der Waals surface area contributed by atoms with Gasteiger partial charge >= 0.3 is 0 Å². The van der Waals surface area contributed by atoms with Crippen molar-refractivity contribution < 1.29 is 9.59 Å². The molecule has 0 radical (unpaired) electrons. The zero-order valence-electron chi connectivity index (χ0n) is 14.3. The first-order valence-electron chi connectivity index (χ1n) is 7.70. The molecule has 0 bridgehead atoms. The lowest BCUT2D eigenvalue weighted by atomic mass is 9.82. The smallest absolute Gasteiger partial charge is 0.271 e. The minimum Gasteiger partial charge on any atom is -0.398 e. The number of aryl methyl sites for hydroxylation is 1. The highest BCUT2D eigenvalue weighted by Gasteiger charge is 2.61. The van der Waals surface area contributed by atoms with Crippen molar-refractivity contribution in [2.24, 2.45) is 22.9 Å². The number of anilines is 3. The fourth-order valence-corrected chi connectivity index (χ4v) is 3.18. The largest absolute Gasteiger partial charge is 0.398 e. The summed E-state index contributed by atoms with van der Waals surface area (Å²) in [5.74, 6) is -2.11. The first-order valence-corrected chi connectivity index (χ1v) is 7.70. The number of hydrogen-bond acceptors (Lipinski definition) is 11. The maximum Gasteiger partial charge on any atom is 0.271 e. The summed E-state index contributed by atoms with van der Waals surface area (Å²) >= 11 is 0. The highest BCUT2D eigenvalue weighted by molar-refractivity contribution is 6.06. The van der Waals surface area contributed by atoms with Gasteiger partial charge in [0.15, 0.2) is 0 Å². The molecule has 2 amide bonds. The third kappa shape index (κ3) is 2.13. The number of nitrogens with zero attached hydrogens (tertiary/aromatic N) is 2. The van der Waals surface area contributed by atoms with Gasteiger partial charge in [-0.05, 0) is 13.0 Å². The van der Waals surface area contributed by atoms with Crippen LogP contribution in [-0.4, -0.2) is 33.1 Å². The van der Waals surface area contributed by atoms with Crippen LogP contribution in [0.2, 0.25) is 0 Å². The molecule has 2 unspecified atom stereocenters. The van der Waals surface area contributed by atoms with Crippen LogP contribution in [0.3, 0.4) is 0 Å². The molecule has 13 nitrogen and oxygen atoms in total. The monoisotopic (exact) mass is 376 g/mol. The Hall–Kier alpha value is -3.26. The summed E-state index contributed by atoms with van der Waals surface area (Å²) in [6, 6.07) is -0.311. The van der Waals surface area contributed by atoms with E-state index < -0.39 is 34.7 Å². The normalized spacial score (nSPS) is 24.9. The minimum atomic E-state index is -2.44. The molecule has 1 aliphatic heterocycles. The molecule has 0 aliphatic carbocycles. The van der Waals surface area contributed by atoms with E-state index in [2.05, 4.69) is 4.98 Å². The van der Waals surface area contributed by atoms with Crippen LogP contribution in [0, 0.1) is 6.92 Å². The van der Waals surface area contributed by atoms with Crippen LogP contribution in [0.15, 0.2) is 10.9 Å². The van der Waals surface area contributed by atoms with Crippen LogP contribution in [0.25, 0.3) is 10.9 Å². The van der Waals surface area contributed by atoms with E-state index in [0.29, 0.717) is 0 Å². The lowest BCUT2D eigenvalue weighted by Gasteiger charge is -2.48. The summed E-state index contributed by atoms with van der Waals surface area (Å²) in [4.78, 5) is 41.8. The van der Waals surface area contributed by atoms with Crippen LogP contribution in [-0.2, 0) is 15.3 Å². The quantitative estimate of drug-likeness (QED) is 0.134. The molecule has 27 heavy (non-hydrogen) atoms. The van der Waals surface area contributed by atoms with E-state index in [1.165, 1.54) is 13.0 Å². The van der Waals surface area contributed by atoms with Crippen molar-refractivity contribution in [1.29, 1.82) is 0 Å². The standard InChI is InChI=1S/C14H20N10O3/c1-3-22-8-6(4(15)2-5(16)7(8)17)11(26)24(3)14(21)12(27)23-10(25)9(18)13(14,19)20/h2,9H,15-21H2,1H3,(H,23,25,27). The second-order valence-corrected chi connectivity index (χ2v) is 6.49. The highest BCUT2D eigenvalue weighted by atomic mass is 16.2. The Kier molecular flexibility index (Phi) is 3.68. The average Bonchev–Trinajstić information content (AvgIpc) is 2.56. The molecule has 3 rings (SSSR count). The third-order valence-corrected chi connectivity index (χ3v) is 4.81. The van der Waals surface area contributed by atoms with Crippen molar-refractivity contribution in [1.82, 2.24) is 14.9 Å². The molecule has 1 aliphatic rings. The van der Waals surface area contributed by atoms with Crippen LogP contribution in [0.5, 0.6) is 0 Å². The van der Waals surface area contributed by atoms with Gasteiger partial charge in [-0.1, -0.05) is 0 Å². The molecule has 1 aromatic heterocycles. The summed E-state index contributed by atoms with van der Waals surface area (Å²) < 4.78 is 0.753. The van der Waals surface area contributed by atoms with Gasteiger partial charge in [0, 0.05) is 5.69 Å². The Labute approximate surface area is 151 Å². The summed E-state index contributed by atoms with van der Waals surface area (Å²) in [6.45, 7) is 1.37. The topological polar surface area (TPSA) is 263 Å². The Bertz CT molecular complexity index is 1080. The number of carbonyl (C=O) groups is 2. The minimum absolute atomic E-state index is 0.0318. The van der Waals surface area contributed by atoms with Crippen molar-refractivity contribution in [3.05, 3.63) is 22.2 Å². The molecule has 2 atom stereocenters. The maximum atomic E-state index is 13.2.